The fraction of sp³-hybridized carbons (Fsp3) is 0.557. The first-order valence-electron chi connectivity index (χ1n) is 28.5. The molecule has 4 saturated heterocycles. The summed E-state index contributed by atoms with van der Waals surface area (Å²) in [7, 11) is 1.55. The molecule has 19 heteroatoms. The molecule has 5 aromatic rings. The number of carbonyl (C=O) groups excluding carboxylic acids is 3. The van der Waals surface area contributed by atoms with Crippen molar-refractivity contribution in [1.29, 1.82) is 0 Å². The molecule has 2 bridgehead atoms. The molecule has 7 aliphatic rings. The van der Waals surface area contributed by atoms with Crippen LogP contribution in [0, 0.1) is 35.0 Å². The van der Waals surface area contributed by atoms with Crippen LogP contribution in [0.5, 0.6) is 0 Å². The van der Waals surface area contributed by atoms with Crippen molar-refractivity contribution < 1.29 is 41.8 Å². The Morgan fingerprint density at radius 1 is 0.988 bits per heavy atom. The van der Waals surface area contributed by atoms with Crippen LogP contribution in [0.1, 0.15) is 106 Å². The Morgan fingerprint density at radius 2 is 1.74 bits per heavy atom. The highest BCUT2D eigenvalue weighted by atomic mass is 32.1. The van der Waals surface area contributed by atoms with Gasteiger partial charge in [0.25, 0.3) is 12.4 Å². The number of nitrogens with zero attached hydrogens (tertiary/aromatic N) is 7. The maximum Gasteiger partial charge on any atom is 0.406 e. The maximum absolute atomic E-state index is 15.2. The van der Waals surface area contributed by atoms with E-state index in [9.17, 15) is 9.59 Å². The van der Waals surface area contributed by atoms with Crippen LogP contribution in [0.25, 0.3) is 33.4 Å². The number of amides is 2. The highest BCUT2D eigenvalue weighted by Crippen LogP contribution is 2.54. The summed E-state index contributed by atoms with van der Waals surface area (Å²) < 4.78 is 64.0. The number of hydrazine groups is 1. The maximum atomic E-state index is 15.2. The molecule has 4 aliphatic heterocycles. The zero-order valence-electron chi connectivity index (χ0n) is 46.6. The first kappa shape index (κ1) is 56.2. The monoisotopic (exact) mass is 1120 g/mol. The van der Waals surface area contributed by atoms with Crippen molar-refractivity contribution in [2.45, 2.75) is 122 Å². The summed E-state index contributed by atoms with van der Waals surface area (Å²) in [6, 6.07) is 16.3. The molecule has 2 amide bonds. The third kappa shape index (κ3) is 12.0. The molecule has 80 heavy (non-hydrogen) atoms. The summed E-state index contributed by atoms with van der Waals surface area (Å²) in [6.07, 6.45) is 0.976. The van der Waals surface area contributed by atoms with Crippen LogP contribution in [0.3, 0.4) is 0 Å². The predicted octanol–water partition coefficient (Wildman–Crippen LogP) is 8.39. The van der Waals surface area contributed by atoms with Gasteiger partial charge in [-0.05, 0) is 93.0 Å². The third-order valence-electron chi connectivity index (χ3n) is 17.6. The molecular weight excluding hydrogens is 1040 g/mol. The Balaban J connectivity index is 0.999. The number of benzene rings is 2. The van der Waals surface area contributed by atoms with E-state index in [-0.39, 0.29) is 54.7 Å². The number of nitrogens with one attached hydrogen (secondary N) is 2. The first-order chi connectivity index (χ1) is 38.5. The molecule has 12 rings (SSSR count). The van der Waals surface area contributed by atoms with Crippen LogP contribution < -0.4 is 10.7 Å². The number of aromatic nitrogens is 3. The van der Waals surface area contributed by atoms with Gasteiger partial charge in [0.15, 0.2) is 0 Å². The van der Waals surface area contributed by atoms with Crippen molar-refractivity contribution in [1.82, 2.24) is 45.0 Å². The standard InChI is InChI=1S/C61H74F3N9O6S/c1-37(69-18-20-70(21-19-69)44-15-16-44)12-13-40-28-47(53(65-31-40)39(3)77-6)55-48(30-60(4,5)35-79-36-74)46-29-43(14-17-50(46)72(55)34-61(62,63)64)49-33-80-58(67-49)56(71-22-24-78-25-23-71)54(59(76)73-45-26-41(27-45)32-66-73)68-57(75)52-38(2)51(52)42-10-8-7-9-11-42/h7-11,14,17,28-29,31,33,36-39,41,44-45,51-52,54,56,66H,15-16,18-27,30,32,34-35H2,1-6H3,(H,68,75)/t37-,38+,39+,41?,45?,51+,52-,54+,56+/m1/s1. The minimum Gasteiger partial charge on any atom is -0.467 e. The largest absolute Gasteiger partial charge is 0.467 e. The van der Waals surface area contributed by atoms with E-state index in [2.05, 4.69) is 51.1 Å². The molecule has 7 fully saturated rings. The Labute approximate surface area is 470 Å². The van der Waals surface area contributed by atoms with Gasteiger partial charge in [0, 0.05) is 116 Å². The number of piperazine rings is 1. The zero-order valence-corrected chi connectivity index (χ0v) is 47.5. The van der Waals surface area contributed by atoms with Crippen molar-refractivity contribution in [2.24, 2.45) is 23.2 Å². The van der Waals surface area contributed by atoms with Crippen LogP contribution in [0.2, 0.25) is 0 Å². The number of hydrogen-bond acceptors (Lipinski definition) is 13. The molecule has 3 saturated carbocycles. The number of thiazole rings is 1. The predicted molar refractivity (Wildman–Crippen MR) is 300 cm³/mol. The average molecular weight is 1120 g/mol. The molecule has 15 nitrogen and oxygen atoms in total. The lowest BCUT2D eigenvalue weighted by Gasteiger charge is -2.50. The molecule has 0 spiro atoms. The van der Waals surface area contributed by atoms with E-state index in [0.717, 1.165) is 44.6 Å². The van der Waals surface area contributed by atoms with Crippen molar-refractivity contribution >= 4 is 40.5 Å². The lowest BCUT2D eigenvalue weighted by molar-refractivity contribution is -0.154. The lowest BCUT2D eigenvalue weighted by atomic mass is 9.78. The summed E-state index contributed by atoms with van der Waals surface area (Å²) in [5.74, 6) is 6.69. The normalized spacial score (nSPS) is 24.3. The zero-order chi connectivity index (χ0) is 56.0. The Bertz CT molecular complexity index is 3110. The molecular formula is C61H74F3N9O6S. The number of morpholine rings is 1. The van der Waals surface area contributed by atoms with Crippen LogP contribution in [-0.4, -0.2) is 156 Å². The number of halogens is 3. The van der Waals surface area contributed by atoms with Crippen LogP contribution in [-0.2, 0) is 41.6 Å². The summed E-state index contributed by atoms with van der Waals surface area (Å²) in [6.45, 7) is 15.3. The Morgan fingerprint density at radius 3 is 2.41 bits per heavy atom. The summed E-state index contributed by atoms with van der Waals surface area (Å²) in [5.41, 5.74) is 7.69. The van der Waals surface area contributed by atoms with Crippen molar-refractivity contribution in [3.63, 3.8) is 0 Å². The van der Waals surface area contributed by atoms with E-state index < -0.39 is 36.3 Å². The van der Waals surface area contributed by atoms with Gasteiger partial charge in [-0.1, -0.05) is 69.0 Å². The molecule has 2 aromatic carbocycles. The second-order valence-electron chi connectivity index (χ2n) is 23.8. The van der Waals surface area contributed by atoms with E-state index in [1.54, 1.807) is 30.4 Å². The second-order valence-corrected chi connectivity index (χ2v) is 24.7. The third-order valence-corrected chi connectivity index (χ3v) is 18.5. The van der Waals surface area contributed by atoms with Crippen LogP contribution in [0.4, 0.5) is 13.2 Å². The van der Waals surface area contributed by atoms with Gasteiger partial charge in [-0.15, -0.1) is 11.3 Å². The Kier molecular flexibility index (Phi) is 16.3. The minimum absolute atomic E-state index is 0.00905. The van der Waals surface area contributed by atoms with Gasteiger partial charge in [-0.2, -0.15) is 13.2 Å². The molecule has 2 N–H and O–H groups in total. The van der Waals surface area contributed by atoms with Gasteiger partial charge in [-0.25, -0.2) is 10.4 Å². The summed E-state index contributed by atoms with van der Waals surface area (Å²) in [4.78, 5) is 58.8. The van der Waals surface area contributed by atoms with Gasteiger partial charge < -0.3 is 24.1 Å². The van der Waals surface area contributed by atoms with Crippen molar-refractivity contribution in [3.8, 4) is 34.4 Å². The van der Waals surface area contributed by atoms with Crippen molar-refractivity contribution in [3.05, 3.63) is 93.6 Å². The van der Waals surface area contributed by atoms with Crippen molar-refractivity contribution in [2.75, 3.05) is 72.7 Å². The van der Waals surface area contributed by atoms with E-state index in [1.807, 2.05) is 68.6 Å². The number of ether oxygens (including phenoxy) is 3. The quantitative estimate of drug-likeness (QED) is 0.0605. The van der Waals surface area contributed by atoms with Gasteiger partial charge >= 0.3 is 6.18 Å². The molecule has 3 aliphatic carbocycles. The second kappa shape index (κ2) is 23.3. The molecule has 7 heterocycles. The SMILES string of the molecule is CO[C@@H](C)c1ncc(C#C[C@@H](C)N2CCN(C3CC3)CC2)cc1-c1c(CC(C)(C)COC=O)c2cc(-c3csc([C@H]([C@H](NC(=O)[C@@H]4[C@@H](C)[C@H]4c4ccccc4)C(=O)N4NCC5CC4C5)N4CCOCC4)n3)ccc2n1CC(F)(F)F. The first-order valence-corrected chi connectivity index (χ1v) is 29.4. The molecule has 7 atom stereocenters. The smallest absolute Gasteiger partial charge is 0.406 e. The van der Waals surface area contributed by atoms with E-state index in [0.29, 0.717) is 107 Å². The lowest BCUT2D eigenvalue weighted by Crippen LogP contribution is -2.67. The summed E-state index contributed by atoms with van der Waals surface area (Å²) in [5, 5.41) is 8.16. The number of fused-ring (bicyclic) bond motifs is 3. The van der Waals surface area contributed by atoms with E-state index in [1.165, 1.54) is 28.7 Å². The van der Waals surface area contributed by atoms with E-state index in [4.69, 9.17) is 24.2 Å². The Hall–Kier alpha value is -5.72. The van der Waals surface area contributed by atoms with Crippen LogP contribution >= 0.6 is 11.3 Å². The van der Waals surface area contributed by atoms with Crippen LogP contribution in [0.15, 0.2) is 66.2 Å². The minimum atomic E-state index is -4.63. The van der Waals surface area contributed by atoms with E-state index >= 15 is 18.0 Å². The number of pyridine rings is 1. The average Bonchev–Trinajstić information content (AvgIpc) is 4.53. The van der Waals surface area contributed by atoms with Gasteiger partial charge in [0.05, 0.1) is 55.1 Å². The molecule has 3 aromatic heterocycles. The number of methoxy groups -OCH3 is 1. The number of hydrogen-bond donors (Lipinski definition) is 2. The molecule has 426 valence electrons. The number of carbonyl (C=O) groups is 3. The number of rotatable bonds is 19. The highest BCUT2D eigenvalue weighted by molar-refractivity contribution is 7.10. The molecule has 0 radical (unpaired) electrons. The van der Waals surface area contributed by atoms with Gasteiger partial charge in [0.1, 0.15) is 17.6 Å². The van der Waals surface area contributed by atoms with Gasteiger partial charge in [0.2, 0.25) is 5.91 Å². The topological polar surface area (TPSA) is 147 Å². The fourth-order valence-corrected chi connectivity index (χ4v) is 13.9. The fourth-order valence-electron chi connectivity index (χ4n) is 12.9. The number of alkyl halides is 3. The molecule has 0 unspecified atom stereocenters. The van der Waals surface area contributed by atoms with Gasteiger partial charge in [-0.3, -0.25) is 39.1 Å². The summed E-state index contributed by atoms with van der Waals surface area (Å²) >= 11 is 1.39. The highest BCUT2D eigenvalue weighted by Gasteiger charge is 2.54.